The van der Waals surface area contributed by atoms with E-state index in [2.05, 4.69) is 5.32 Å². The Hall–Kier alpha value is -1.54. The quantitative estimate of drug-likeness (QED) is 0.693. The Morgan fingerprint density at radius 1 is 1.32 bits per heavy atom. The van der Waals surface area contributed by atoms with Gasteiger partial charge in [0, 0.05) is 4.90 Å². The normalized spacial score (nSPS) is 12.6. The summed E-state index contributed by atoms with van der Waals surface area (Å²) in [4.78, 5) is 22.9. The van der Waals surface area contributed by atoms with Crippen LogP contribution in [0.5, 0.6) is 0 Å². The lowest BCUT2D eigenvalue weighted by Gasteiger charge is -2.14. The zero-order chi connectivity index (χ0) is 16.8. The maximum absolute atomic E-state index is 12.2. The van der Waals surface area contributed by atoms with Crippen LogP contribution >= 0.6 is 11.8 Å². The highest BCUT2D eigenvalue weighted by Crippen LogP contribution is 2.30. The molecule has 0 radical (unpaired) electrons. The first-order chi connectivity index (χ1) is 10.3. The molecule has 2 N–H and O–H groups in total. The molecule has 6 nitrogen and oxygen atoms in total. The SMILES string of the molecule is CCCS(=O)(=O)c1ccccc1SC(C)C(=O)NCC(=O)O. The Labute approximate surface area is 134 Å². The second-order valence-electron chi connectivity index (χ2n) is 4.64. The van der Waals surface area contributed by atoms with Crippen molar-refractivity contribution in [3.63, 3.8) is 0 Å². The van der Waals surface area contributed by atoms with Crippen molar-refractivity contribution in [1.29, 1.82) is 0 Å². The molecule has 1 aromatic carbocycles. The predicted octanol–water partition coefficient (Wildman–Crippen LogP) is 1.55. The van der Waals surface area contributed by atoms with Crippen LogP contribution in [0, 0.1) is 0 Å². The first kappa shape index (κ1) is 18.5. The number of thioether (sulfide) groups is 1. The number of rotatable bonds is 8. The summed E-state index contributed by atoms with van der Waals surface area (Å²) in [5, 5.41) is 10.2. The van der Waals surface area contributed by atoms with Crippen LogP contribution in [-0.2, 0) is 19.4 Å². The Bertz CT molecular complexity index is 642. The van der Waals surface area contributed by atoms with Crippen molar-refractivity contribution in [2.75, 3.05) is 12.3 Å². The zero-order valence-corrected chi connectivity index (χ0v) is 14.0. The van der Waals surface area contributed by atoms with Crippen molar-refractivity contribution in [3.8, 4) is 0 Å². The van der Waals surface area contributed by atoms with Crippen molar-refractivity contribution in [1.82, 2.24) is 5.32 Å². The van der Waals surface area contributed by atoms with Gasteiger partial charge in [0.25, 0.3) is 0 Å². The van der Waals surface area contributed by atoms with E-state index in [4.69, 9.17) is 5.11 Å². The summed E-state index contributed by atoms with van der Waals surface area (Å²) in [6, 6.07) is 6.51. The summed E-state index contributed by atoms with van der Waals surface area (Å²) < 4.78 is 24.5. The van der Waals surface area contributed by atoms with Gasteiger partial charge in [-0.3, -0.25) is 9.59 Å². The molecule has 0 aliphatic heterocycles. The Balaban J connectivity index is 2.90. The maximum Gasteiger partial charge on any atom is 0.322 e. The molecule has 1 rings (SSSR count). The van der Waals surface area contributed by atoms with Gasteiger partial charge in [-0.1, -0.05) is 19.1 Å². The topological polar surface area (TPSA) is 101 Å². The molecule has 8 heteroatoms. The lowest BCUT2D eigenvalue weighted by Crippen LogP contribution is -2.34. The molecule has 0 bridgehead atoms. The van der Waals surface area contributed by atoms with Crippen LogP contribution < -0.4 is 5.32 Å². The molecule has 0 aromatic heterocycles. The average Bonchev–Trinajstić information content (AvgIpc) is 2.45. The fourth-order valence-corrected chi connectivity index (χ4v) is 4.59. The van der Waals surface area contributed by atoms with Crippen molar-refractivity contribution < 1.29 is 23.1 Å². The molecule has 0 fully saturated rings. The van der Waals surface area contributed by atoms with Gasteiger partial charge in [0.1, 0.15) is 6.54 Å². The van der Waals surface area contributed by atoms with E-state index in [-0.39, 0.29) is 10.6 Å². The van der Waals surface area contributed by atoms with Crippen LogP contribution in [0.2, 0.25) is 0 Å². The third kappa shape index (κ3) is 5.34. The molecule has 0 aliphatic rings. The lowest BCUT2D eigenvalue weighted by atomic mass is 10.4. The van der Waals surface area contributed by atoms with Gasteiger partial charge in [-0.05, 0) is 25.5 Å². The van der Waals surface area contributed by atoms with E-state index in [0.717, 1.165) is 11.8 Å². The van der Waals surface area contributed by atoms with E-state index < -0.39 is 33.5 Å². The van der Waals surface area contributed by atoms with Crippen LogP contribution in [0.4, 0.5) is 0 Å². The fraction of sp³-hybridized carbons (Fsp3) is 0.429. The van der Waals surface area contributed by atoms with Crippen molar-refractivity contribution in [2.45, 2.75) is 35.3 Å². The number of benzene rings is 1. The van der Waals surface area contributed by atoms with Gasteiger partial charge in [-0.2, -0.15) is 0 Å². The highest BCUT2D eigenvalue weighted by atomic mass is 32.2. The number of hydrogen-bond donors (Lipinski definition) is 2. The minimum atomic E-state index is -3.38. The molecule has 1 unspecified atom stereocenters. The number of carbonyl (C=O) groups is 2. The molecule has 22 heavy (non-hydrogen) atoms. The molecule has 0 aliphatic carbocycles. The van der Waals surface area contributed by atoms with Crippen LogP contribution in [0.3, 0.4) is 0 Å². The zero-order valence-electron chi connectivity index (χ0n) is 12.4. The molecule has 0 saturated carbocycles. The number of aliphatic carboxylic acids is 1. The summed E-state index contributed by atoms with van der Waals surface area (Å²) >= 11 is 1.10. The Morgan fingerprint density at radius 3 is 2.55 bits per heavy atom. The molecule has 0 saturated heterocycles. The molecular weight excluding hydrogens is 326 g/mol. The largest absolute Gasteiger partial charge is 0.480 e. The van der Waals surface area contributed by atoms with E-state index in [1.54, 1.807) is 32.0 Å². The maximum atomic E-state index is 12.2. The summed E-state index contributed by atoms with van der Waals surface area (Å²) in [6.45, 7) is 2.93. The van der Waals surface area contributed by atoms with Gasteiger partial charge in [-0.15, -0.1) is 11.8 Å². The van der Waals surface area contributed by atoms with E-state index in [1.165, 1.54) is 6.07 Å². The van der Waals surface area contributed by atoms with Gasteiger partial charge in [-0.25, -0.2) is 8.42 Å². The predicted molar refractivity (Wildman–Crippen MR) is 84.8 cm³/mol. The van der Waals surface area contributed by atoms with Gasteiger partial charge < -0.3 is 10.4 Å². The van der Waals surface area contributed by atoms with Crippen LogP contribution in [0.1, 0.15) is 20.3 Å². The highest BCUT2D eigenvalue weighted by Gasteiger charge is 2.21. The first-order valence-corrected chi connectivity index (χ1v) is 9.29. The van der Waals surface area contributed by atoms with Gasteiger partial charge in [0.15, 0.2) is 9.84 Å². The van der Waals surface area contributed by atoms with Crippen LogP contribution in [0.25, 0.3) is 0 Å². The number of nitrogens with one attached hydrogen (secondary N) is 1. The van der Waals surface area contributed by atoms with E-state index in [0.29, 0.717) is 11.3 Å². The second kappa shape index (κ2) is 8.19. The van der Waals surface area contributed by atoms with E-state index in [1.807, 2.05) is 0 Å². The minimum Gasteiger partial charge on any atom is -0.480 e. The van der Waals surface area contributed by atoms with E-state index >= 15 is 0 Å². The molecule has 0 spiro atoms. The number of carbonyl (C=O) groups excluding carboxylic acids is 1. The summed E-state index contributed by atoms with van der Waals surface area (Å²) in [5.74, 6) is -1.53. The fourth-order valence-electron chi connectivity index (χ4n) is 1.73. The van der Waals surface area contributed by atoms with Gasteiger partial charge >= 0.3 is 5.97 Å². The van der Waals surface area contributed by atoms with Crippen molar-refractivity contribution in [2.24, 2.45) is 0 Å². The number of carboxylic acids is 1. The molecule has 1 atom stereocenters. The number of amides is 1. The summed E-state index contributed by atoms with van der Waals surface area (Å²) in [7, 11) is -3.38. The molecule has 1 aromatic rings. The smallest absolute Gasteiger partial charge is 0.322 e. The lowest BCUT2D eigenvalue weighted by molar-refractivity contribution is -0.137. The number of sulfone groups is 1. The number of carboxylic acid groups (broad SMARTS) is 1. The Morgan fingerprint density at radius 2 is 1.95 bits per heavy atom. The molecule has 1 amide bonds. The van der Waals surface area contributed by atoms with E-state index in [9.17, 15) is 18.0 Å². The van der Waals surface area contributed by atoms with Gasteiger partial charge in [0.05, 0.1) is 15.9 Å². The molecule has 0 heterocycles. The third-order valence-corrected chi connectivity index (χ3v) is 6.02. The van der Waals surface area contributed by atoms with Crippen LogP contribution in [0.15, 0.2) is 34.1 Å². The van der Waals surface area contributed by atoms with Gasteiger partial charge in [0.2, 0.25) is 5.91 Å². The third-order valence-electron chi connectivity index (χ3n) is 2.74. The average molecular weight is 345 g/mol. The number of hydrogen-bond acceptors (Lipinski definition) is 5. The van der Waals surface area contributed by atoms with Crippen molar-refractivity contribution in [3.05, 3.63) is 24.3 Å². The molecular formula is C14H19NO5S2. The Kier molecular flexibility index (Phi) is 6.89. The minimum absolute atomic E-state index is 0.0458. The summed E-state index contributed by atoms with van der Waals surface area (Å²) in [6.07, 6.45) is 0.510. The van der Waals surface area contributed by atoms with Crippen molar-refractivity contribution >= 4 is 33.5 Å². The second-order valence-corrected chi connectivity index (χ2v) is 8.10. The summed E-state index contributed by atoms with van der Waals surface area (Å²) in [5.41, 5.74) is 0. The van der Waals surface area contributed by atoms with Crippen LogP contribution in [-0.4, -0.2) is 42.9 Å². The standard InChI is InChI=1S/C14H19NO5S2/c1-3-8-22(19,20)12-7-5-4-6-11(12)21-10(2)14(18)15-9-13(16)17/h4-7,10H,3,8-9H2,1-2H3,(H,15,18)(H,16,17). The highest BCUT2D eigenvalue weighted by molar-refractivity contribution is 8.01. The monoisotopic (exact) mass is 345 g/mol. The molecule has 122 valence electrons. The first-order valence-electron chi connectivity index (χ1n) is 6.76.